The van der Waals surface area contributed by atoms with E-state index < -0.39 is 11.6 Å². The van der Waals surface area contributed by atoms with Crippen molar-refractivity contribution in [1.82, 2.24) is 9.88 Å². The molecule has 0 unspecified atom stereocenters. The molecule has 250 valence electrons. The summed E-state index contributed by atoms with van der Waals surface area (Å²) < 4.78 is 22.9. The van der Waals surface area contributed by atoms with E-state index in [1.165, 1.54) is 28.9 Å². The Kier molecular flexibility index (Phi) is 8.91. The normalized spacial score (nSPS) is 25.4. The van der Waals surface area contributed by atoms with Crippen molar-refractivity contribution in [1.29, 1.82) is 0 Å². The van der Waals surface area contributed by atoms with Gasteiger partial charge in [0.05, 0.1) is 11.5 Å². The van der Waals surface area contributed by atoms with Crippen LogP contribution in [0.5, 0.6) is 11.5 Å². The van der Waals surface area contributed by atoms with Gasteiger partial charge < -0.3 is 24.3 Å². The number of carbonyl (C=O) groups excluding carboxylic acids is 2. The van der Waals surface area contributed by atoms with E-state index in [9.17, 15) is 9.59 Å². The van der Waals surface area contributed by atoms with Gasteiger partial charge in [-0.25, -0.2) is 9.78 Å². The predicted octanol–water partition coefficient (Wildman–Crippen LogP) is 7.63. The van der Waals surface area contributed by atoms with E-state index >= 15 is 0 Å². The number of aromatic nitrogens is 1. The first-order valence-electron chi connectivity index (χ1n) is 17.0. The number of ether oxygens (including phenoxy) is 4. The van der Waals surface area contributed by atoms with Gasteiger partial charge >= 0.3 is 6.16 Å². The van der Waals surface area contributed by atoms with E-state index in [-0.39, 0.29) is 30.9 Å². The highest BCUT2D eigenvalue weighted by Gasteiger charge is 2.52. The zero-order chi connectivity index (χ0) is 32.7. The van der Waals surface area contributed by atoms with Gasteiger partial charge in [-0.15, -0.1) is 0 Å². The topological polar surface area (TPSA) is 99.2 Å². The Balaban J connectivity index is 1.04. The first kappa shape index (κ1) is 31.9. The molecule has 10 heteroatoms. The van der Waals surface area contributed by atoms with Crippen molar-refractivity contribution in [2.24, 2.45) is 17.8 Å². The van der Waals surface area contributed by atoms with E-state index in [0.29, 0.717) is 40.9 Å². The lowest BCUT2D eigenvalue weighted by molar-refractivity contribution is -0.118. The van der Waals surface area contributed by atoms with Gasteiger partial charge in [-0.3, -0.25) is 9.69 Å². The molecule has 1 saturated heterocycles. The van der Waals surface area contributed by atoms with Crippen molar-refractivity contribution in [3.63, 3.8) is 0 Å². The fourth-order valence-electron chi connectivity index (χ4n) is 7.70. The molecule has 0 radical (unpaired) electrons. The van der Waals surface area contributed by atoms with E-state index in [4.69, 9.17) is 18.9 Å². The fraction of sp³-hybridized carbons (Fsp3) is 0.541. The Bertz CT molecular complexity index is 1620. The van der Waals surface area contributed by atoms with Gasteiger partial charge in [0, 0.05) is 24.2 Å². The predicted molar refractivity (Wildman–Crippen MR) is 180 cm³/mol. The number of benzene rings is 2. The second kappa shape index (κ2) is 13.1. The summed E-state index contributed by atoms with van der Waals surface area (Å²) in [5.74, 6) is 2.73. The maximum atomic E-state index is 13.6. The number of nitrogens with one attached hydrogen (secondary N) is 1. The molecule has 0 bridgehead atoms. The van der Waals surface area contributed by atoms with Gasteiger partial charge in [0.2, 0.25) is 12.7 Å². The zero-order valence-corrected chi connectivity index (χ0v) is 28.5. The van der Waals surface area contributed by atoms with Crippen LogP contribution in [0.25, 0.3) is 0 Å². The number of likely N-dealkylation sites (tertiary alicyclic amines) is 1. The summed E-state index contributed by atoms with van der Waals surface area (Å²) in [5, 5.41) is 3.70. The number of amides is 1. The first-order chi connectivity index (χ1) is 22.7. The molecule has 5 atom stereocenters. The molecule has 2 aliphatic carbocycles. The molecule has 3 heterocycles. The number of rotatable bonds is 9. The number of aryl methyl sites for hydroxylation is 1. The summed E-state index contributed by atoms with van der Waals surface area (Å²) in [6.45, 7) is 10.3. The monoisotopic (exact) mass is 659 g/mol. The number of nitrogens with zero attached hydrogens (tertiary/aromatic N) is 2. The Morgan fingerprint density at radius 3 is 2.66 bits per heavy atom. The number of anilines is 1. The summed E-state index contributed by atoms with van der Waals surface area (Å²) in [4.78, 5) is 34.7. The molecule has 2 aromatic carbocycles. The van der Waals surface area contributed by atoms with Crippen molar-refractivity contribution in [3.05, 3.63) is 70.2 Å². The van der Waals surface area contributed by atoms with Gasteiger partial charge in [0.25, 0.3) is 0 Å². The summed E-state index contributed by atoms with van der Waals surface area (Å²) >= 11 is 1.50. The largest absolute Gasteiger partial charge is 0.508 e. The van der Waals surface area contributed by atoms with E-state index in [0.717, 1.165) is 49.1 Å². The summed E-state index contributed by atoms with van der Waals surface area (Å²) in [6, 6.07) is 14.0. The minimum absolute atomic E-state index is 0.0510. The molecule has 3 aromatic rings. The molecule has 1 amide bonds. The quantitative estimate of drug-likeness (QED) is 0.234. The molecular formula is C37H45N3O6S. The molecule has 47 heavy (non-hydrogen) atoms. The molecule has 1 aromatic heterocycles. The van der Waals surface area contributed by atoms with Crippen LogP contribution in [0, 0.1) is 24.7 Å². The average molecular weight is 660 g/mol. The SMILES string of the molecule is Cc1ccccc1[C@@H](c1cnc(NC(=O)C2(c3ccc4c(c3)OCO4)CC2)s1)N1CC[C@@H](OC(=O)O[C@H]2C[C@@H](C)CC[C@@H]2C(C)C)C1. The molecule has 4 aliphatic rings. The standard InChI is InChI=1S/C37H45N3O6S/c1-22(2)27-11-9-23(3)17-30(27)46-36(42)45-26-13-16-40(20-26)33(28-8-6-5-7-24(28)4)32-19-38-35(47-32)39-34(41)37(14-15-37)25-10-12-29-31(18-25)44-21-43-29/h5-8,10,12,18-19,22-23,26-27,30,33H,9,11,13-17,20-21H2,1-4H3,(H,38,39,41)/t23-,26+,27+,30-,33-/m0/s1. The summed E-state index contributed by atoms with van der Waals surface area (Å²) in [7, 11) is 0. The number of hydrogen-bond donors (Lipinski definition) is 1. The van der Waals surface area contributed by atoms with Crippen LogP contribution in [-0.2, 0) is 19.7 Å². The van der Waals surface area contributed by atoms with Crippen LogP contribution in [-0.4, -0.2) is 54.0 Å². The fourth-order valence-corrected chi connectivity index (χ4v) is 8.66. The molecule has 2 aliphatic heterocycles. The van der Waals surface area contributed by atoms with E-state index in [1.54, 1.807) is 0 Å². The van der Waals surface area contributed by atoms with Crippen molar-refractivity contribution < 1.29 is 28.5 Å². The molecule has 3 fully saturated rings. The number of hydrogen-bond acceptors (Lipinski definition) is 9. The van der Waals surface area contributed by atoms with Gasteiger partial charge in [-0.05, 0) is 85.6 Å². The number of carbonyl (C=O) groups is 2. The van der Waals surface area contributed by atoms with Crippen LogP contribution >= 0.6 is 11.3 Å². The Morgan fingerprint density at radius 1 is 1.06 bits per heavy atom. The smallest absolute Gasteiger partial charge is 0.454 e. The van der Waals surface area contributed by atoms with Gasteiger partial charge in [0.1, 0.15) is 12.2 Å². The lowest BCUT2D eigenvalue weighted by Gasteiger charge is -2.36. The highest BCUT2D eigenvalue weighted by molar-refractivity contribution is 7.15. The molecule has 0 spiro atoms. The third-order valence-electron chi connectivity index (χ3n) is 10.6. The average Bonchev–Trinajstić information content (AvgIpc) is 3.32. The van der Waals surface area contributed by atoms with E-state index in [2.05, 4.69) is 61.1 Å². The first-order valence-corrected chi connectivity index (χ1v) is 17.9. The Hall–Kier alpha value is -3.63. The third kappa shape index (κ3) is 6.59. The van der Waals surface area contributed by atoms with Crippen molar-refractivity contribution in [2.45, 2.75) is 89.9 Å². The summed E-state index contributed by atoms with van der Waals surface area (Å²) in [5.41, 5.74) is 2.70. The van der Waals surface area contributed by atoms with Crippen LogP contribution in [0.3, 0.4) is 0 Å². The number of fused-ring (bicyclic) bond motifs is 1. The van der Waals surface area contributed by atoms with E-state index in [1.807, 2.05) is 30.5 Å². The Labute approximate surface area is 280 Å². The zero-order valence-electron chi connectivity index (χ0n) is 27.7. The lowest BCUT2D eigenvalue weighted by atomic mass is 9.75. The maximum Gasteiger partial charge on any atom is 0.508 e. The lowest BCUT2D eigenvalue weighted by Crippen LogP contribution is -2.37. The van der Waals surface area contributed by atoms with Crippen LogP contribution in [0.1, 0.15) is 86.9 Å². The maximum absolute atomic E-state index is 13.6. The van der Waals surface area contributed by atoms with Crippen molar-refractivity contribution in [2.75, 3.05) is 25.2 Å². The minimum atomic E-state index is -0.582. The van der Waals surface area contributed by atoms with Crippen LogP contribution in [0.2, 0.25) is 0 Å². The minimum Gasteiger partial charge on any atom is -0.454 e. The highest BCUT2D eigenvalue weighted by atomic mass is 32.1. The molecule has 7 rings (SSSR count). The van der Waals surface area contributed by atoms with Gasteiger partial charge in [0.15, 0.2) is 16.6 Å². The molecular weight excluding hydrogens is 614 g/mol. The van der Waals surface area contributed by atoms with Crippen LogP contribution < -0.4 is 14.8 Å². The van der Waals surface area contributed by atoms with Crippen LogP contribution in [0.4, 0.5) is 9.93 Å². The molecule has 9 nitrogen and oxygen atoms in total. The van der Waals surface area contributed by atoms with Crippen molar-refractivity contribution in [3.8, 4) is 11.5 Å². The molecule has 1 N–H and O–H groups in total. The van der Waals surface area contributed by atoms with Gasteiger partial charge in [-0.1, -0.05) is 68.9 Å². The van der Waals surface area contributed by atoms with Gasteiger partial charge in [-0.2, -0.15) is 0 Å². The highest BCUT2D eigenvalue weighted by Crippen LogP contribution is 2.51. The summed E-state index contributed by atoms with van der Waals surface area (Å²) in [6.07, 6.45) is 6.42. The van der Waals surface area contributed by atoms with Crippen molar-refractivity contribution >= 4 is 28.5 Å². The third-order valence-corrected chi connectivity index (χ3v) is 11.6. The molecule has 2 saturated carbocycles. The number of thiazole rings is 1. The second-order valence-corrected chi connectivity index (χ2v) is 15.2. The Morgan fingerprint density at radius 2 is 1.87 bits per heavy atom. The van der Waals surface area contributed by atoms with Crippen LogP contribution in [0.15, 0.2) is 48.7 Å². The second-order valence-electron chi connectivity index (χ2n) is 14.2.